The fourth-order valence-corrected chi connectivity index (χ4v) is 11.0. The van der Waals surface area contributed by atoms with Gasteiger partial charge in [0.15, 0.2) is 0 Å². The first-order valence-corrected chi connectivity index (χ1v) is 22.9. The Morgan fingerprint density at radius 1 is 0.312 bits per heavy atom. The standard InChI is InChI=1S/C63H53N/c1-61(2)38-39-62(3,4)59-41-48(34-37-57(59)61)54-42-55-53-30-17-18-31-56(53)63(49-24-11-6-12-25-49,50-26-13-7-14-27-50)58(55)43-60(54)64(51-28-15-8-16-29-51)52-35-32-45(33-36-52)47-23-19-22-46(40-47)44-20-9-5-10-21-44/h5-37,40-43H,38-39H2,1-4H3. The molecule has 0 bridgehead atoms. The van der Waals surface area contributed by atoms with Crippen molar-refractivity contribution in [3.05, 3.63) is 258 Å². The average molecular weight is 824 g/mol. The van der Waals surface area contributed by atoms with Gasteiger partial charge in [-0.3, -0.25) is 0 Å². The number of benzene rings is 9. The molecule has 310 valence electrons. The average Bonchev–Trinajstić information content (AvgIpc) is 3.64. The summed E-state index contributed by atoms with van der Waals surface area (Å²) in [5, 5.41) is 0. The molecule has 1 nitrogen and oxygen atoms in total. The predicted octanol–water partition coefficient (Wildman–Crippen LogP) is 16.9. The molecule has 64 heavy (non-hydrogen) atoms. The number of para-hydroxylation sites is 1. The van der Waals surface area contributed by atoms with E-state index in [0.717, 1.165) is 23.5 Å². The summed E-state index contributed by atoms with van der Waals surface area (Å²) in [6.45, 7) is 9.71. The number of rotatable bonds is 8. The normalized spacial score (nSPS) is 15.1. The summed E-state index contributed by atoms with van der Waals surface area (Å²) >= 11 is 0. The highest BCUT2D eigenvalue weighted by Gasteiger charge is 2.47. The molecule has 0 unspecified atom stereocenters. The summed E-state index contributed by atoms with van der Waals surface area (Å²) in [6.07, 6.45) is 2.34. The molecule has 2 aliphatic carbocycles. The van der Waals surface area contributed by atoms with E-state index in [1.165, 1.54) is 84.3 Å². The van der Waals surface area contributed by atoms with E-state index in [4.69, 9.17) is 0 Å². The molecule has 0 saturated heterocycles. The van der Waals surface area contributed by atoms with Gasteiger partial charge in [0.1, 0.15) is 0 Å². The molecule has 0 aliphatic heterocycles. The molecular weight excluding hydrogens is 771 g/mol. The number of nitrogens with zero attached hydrogens (tertiary/aromatic N) is 1. The second-order valence-electron chi connectivity index (χ2n) is 19.1. The van der Waals surface area contributed by atoms with E-state index in [1.807, 2.05) is 0 Å². The second kappa shape index (κ2) is 15.5. The molecule has 0 heterocycles. The van der Waals surface area contributed by atoms with Crippen LogP contribution in [0.25, 0.3) is 44.5 Å². The minimum atomic E-state index is -0.542. The summed E-state index contributed by atoms with van der Waals surface area (Å²) < 4.78 is 0. The molecule has 9 aromatic carbocycles. The van der Waals surface area contributed by atoms with Crippen molar-refractivity contribution in [1.29, 1.82) is 0 Å². The zero-order chi connectivity index (χ0) is 43.5. The van der Waals surface area contributed by atoms with Crippen molar-refractivity contribution in [3.8, 4) is 44.5 Å². The van der Waals surface area contributed by atoms with E-state index in [2.05, 4.69) is 257 Å². The molecule has 9 aromatic rings. The SMILES string of the molecule is CC1(C)CCC(C)(C)c2cc(-c3cc4c(cc3N(c3ccccc3)c3ccc(-c5cccc(-c6ccccc6)c5)cc3)C(c3ccccc3)(c3ccccc3)c3ccccc3-4)ccc21. The van der Waals surface area contributed by atoms with Crippen LogP contribution in [0, 0.1) is 0 Å². The lowest BCUT2D eigenvalue weighted by atomic mass is 9.63. The third-order valence-corrected chi connectivity index (χ3v) is 14.4. The Hall–Kier alpha value is -7.22. The van der Waals surface area contributed by atoms with Crippen LogP contribution in [0.4, 0.5) is 17.1 Å². The fraction of sp³-hybridized carbons (Fsp3) is 0.143. The molecule has 0 fully saturated rings. The molecular formula is C63H53N. The molecule has 0 radical (unpaired) electrons. The quantitative estimate of drug-likeness (QED) is 0.148. The van der Waals surface area contributed by atoms with Crippen LogP contribution in [0.2, 0.25) is 0 Å². The zero-order valence-corrected chi connectivity index (χ0v) is 37.2. The first kappa shape index (κ1) is 39.6. The van der Waals surface area contributed by atoms with Gasteiger partial charge in [0.25, 0.3) is 0 Å². The van der Waals surface area contributed by atoms with E-state index in [9.17, 15) is 0 Å². The lowest BCUT2D eigenvalue weighted by molar-refractivity contribution is 0.332. The molecule has 11 rings (SSSR count). The summed E-state index contributed by atoms with van der Waals surface area (Å²) in [5.41, 5.74) is 20.9. The Morgan fingerprint density at radius 2 is 0.812 bits per heavy atom. The monoisotopic (exact) mass is 823 g/mol. The predicted molar refractivity (Wildman–Crippen MR) is 270 cm³/mol. The van der Waals surface area contributed by atoms with Gasteiger partial charge in [0.05, 0.1) is 11.1 Å². The topological polar surface area (TPSA) is 3.24 Å². The Labute approximate surface area is 379 Å². The maximum atomic E-state index is 2.55. The third kappa shape index (κ3) is 6.53. The highest BCUT2D eigenvalue weighted by Crippen LogP contribution is 2.59. The molecule has 1 heteroatoms. The van der Waals surface area contributed by atoms with E-state index in [0.29, 0.717) is 0 Å². The van der Waals surface area contributed by atoms with Crippen molar-refractivity contribution in [1.82, 2.24) is 0 Å². The van der Waals surface area contributed by atoms with Gasteiger partial charge in [-0.15, -0.1) is 0 Å². The summed E-state index contributed by atoms with van der Waals surface area (Å²) in [6, 6.07) is 83.6. The van der Waals surface area contributed by atoms with Gasteiger partial charge in [0.2, 0.25) is 0 Å². The minimum absolute atomic E-state index is 0.0624. The lowest BCUT2D eigenvalue weighted by Crippen LogP contribution is -2.33. The lowest BCUT2D eigenvalue weighted by Gasteiger charge is -2.42. The van der Waals surface area contributed by atoms with Crippen LogP contribution in [-0.4, -0.2) is 0 Å². The van der Waals surface area contributed by atoms with Crippen LogP contribution in [0.15, 0.2) is 224 Å². The molecule has 0 N–H and O–H groups in total. The maximum absolute atomic E-state index is 2.55. The number of hydrogen-bond acceptors (Lipinski definition) is 1. The van der Waals surface area contributed by atoms with Gasteiger partial charge in [0, 0.05) is 16.9 Å². The zero-order valence-electron chi connectivity index (χ0n) is 37.2. The van der Waals surface area contributed by atoms with Crippen LogP contribution < -0.4 is 4.90 Å². The summed E-state index contributed by atoms with van der Waals surface area (Å²) in [4.78, 5) is 2.50. The van der Waals surface area contributed by atoms with Crippen molar-refractivity contribution in [2.24, 2.45) is 0 Å². The van der Waals surface area contributed by atoms with Gasteiger partial charge in [-0.2, -0.15) is 0 Å². The van der Waals surface area contributed by atoms with Crippen molar-refractivity contribution in [3.63, 3.8) is 0 Å². The van der Waals surface area contributed by atoms with Gasteiger partial charge in [-0.25, -0.2) is 0 Å². The maximum Gasteiger partial charge on any atom is 0.0714 e. The van der Waals surface area contributed by atoms with Crippen molar-refractivity contribution >= 4 is 17.1 Å². The summed E-state index contributed by atoms with van der Waals surface area (Å²) in [5.74, 6) is 0. The Kier molecular flexibility index (Phi) is 9.62. The van der Waals surface area contributed by atoms with Crippen LogP contribution in [0.1, 0.15) is 73.9 Å². The first-order valence-electron chi connectivity index (χ1n) is 22.9. The van der Waals surface area contributed by atoms with Crippen molar-refractivity contribution < 1.29 is 0 Å². The summed E-state index contributed by atoms with van der Waals surface area (Å²) in [7, 11) is 0. The van der Waals surface area contributed by atoms with E-state index in [-0.39, 0.29) is 10.8 Å². The van der Waals surface area contributed by atoms with E-state index < -0.39 is 5.41 Å². The number of fused-ring (bicyclic) bond motifs is 4. The van der Waals surface area contributed by atoms with Crippen LogP contribution in [0.5, 0.6) is 0 Å². The molecule has 2 aliphatic rings. The second-order valence-corrected chi connectivity index (χ2v) is 19.1. The smallest absolute Gasteiger partial charge is 0.0714 e. The molecule has 0 amide bonds. The molecule has 0 saturated carbocycles. The molecule has 0 spiro atoms. The highest BCUT2D eigenvalue weighted by molar-refractivity contribution is 5.97. The van der Waals surface area contributed by atoms with Crippen molar-refractivity contribution in [2.45, 2.75) is 56.8 Å². The van der Waals surface area contributed by atoms with Crippen LogP contribution >= 0.6 is 0 Å². The van der Waals surface area contributed by atoms with E-state index >= 15 is 0 Å². The highest BCUT2D eigenvalue weighted by atomic mass is 15.1. The van der Waals surface area contributed by atoms with Gasteiger partial charge < -0.3 is 4.90 Å². The Morgan fingerprint density at radius 3 is 1.45 bits per heavy atom. The largest absolute Gasteiger partial charge is 0.310 e. The van der Waals surface area contributed by atoms with Crippen molar-refractivity contribution in [2.75, 3.05) is 4.90 Å². The first-order chi connectivity index (χ1) is 31.2. The van der Waals surface area contributed by atoms with E-state index in [1.54, 1.807) is 0 Å². The fourth-order valence-electron chi connectivity index (χ4n) is 11.0. The van der Waals surface area contributed by atoms with Gasteiger partial charge >= 0.3 is 0 Å². The third-order valence-electron chi connectivity index (χ3n) is 14.4. The number of anilines is 3. The number of hydrogen-bond donors (Lipinski definition) is 0. The van der Waals surface area contributed by atoms with Crippen LogP contribution in [-0.2, 0) is 16.2 Å². The minimum Gasteiger partial charge on any atom is -0.310 e. The Bertz CT molecular complexity index is 3090. The van der Waals surface area contributed by atoms with Gasteiger partial charge in [-0.05, 0) is 138 Å². The van der Waals surface area contributed by atoms with Crippen LogP contribution in [0.3, 0.4) is 0 Å². The molecule has 0 atom stereocenters. The Balaban J connectivity index is 1.18. The van der Waals surface area contributed by atoms with Gasteiger partial charge in [-0.1, -0.05) is 210 Å². The molecule has 0 aromatic heterocycles.